The predicted octanol–water partition coefficient (Wildman–Crippen LogP) is 2.87. The van der Waals surface area contributed by atoms with Crippen molar-refractivity contribution >= 4 is 11.6 Å². The van der Waals surface area contributed by atoms with E-state index in [0.29, 0.717) is 16.8 Å². The number of benzene rings is 2. The van der Waals surface area contributed by atoms with E-state index in [9.17, 15) is 14.9 Å². The predicted molar refractivity (Wildman–Crippen MR) is 107 cm³/mol. The van der Waals surface area contributed by atoms with Crippen molar-refractivity contribution < 1.29 is 9.72 Å². The molecule has 1 heterocycles. The third kappa shape index (κ3) is 4.49. The van der Waals surface area contributed by atoms with Crippen LogP contribution in [0.2, 0.25) is 0 Å². The van der Waals surface area contributed by atoms with Gasteiger partial charge >= 0.3 is 0 Å². The average Bonchev–Trinajstić information content (AvgIpc) is 3.18. The number of non-ortho nitro benzene ring substituents is 1. The molecule has 0 aliphatic rings. The molecule has 3 aromatic rings. The maximum absolute atomic E-state index is 12.7. The summed E-state index contributed by atoms with van der Waals surface area (Å²) < 4.78 is 1.62. The molecule has 0 atom stereocenters. The monoisotopic (exact) mass is 400 g/mol. The summed E-state index contributed by atoms with van der Waals surface area (Å²) in [6.45, 7) is -0.377. The van der Waals surface area contributed by atoms with Crippen LogP contribution in [0.25, 0.3) is 16.9 Å². The van der Waals surface area contributed by atoms with E-state index in [1.54, 1.807) is 23.0 Å². The number of nitro benzene ring substituents is 1. The highest BCUT2D eigenvalue weighted by atomic mass is 16.6. The number of carbonyl (C=O) groups excluding carboxylic acids is 1. The molecule has 0 bridgehead atoms. The first-order chi connectivity index (χ1) is 14.5. The van der Waals surface area contributed by atoms with Crippen LogP contribution in [0.15, 0.2) is 60.8 Å². The van der Waals surface area contributed by atoms with Crippen molar-refractivity contribution in [2.45, 2.75) is 6.42 Å². The van der Waals surface area contributed by atoms with Crippen LogP contribution in [0, 0.1) is 32.8 Å². The first kappa shape index (κ1) is 20.2. The van der Waals surface area contributed by atoms with Crippen LogP contribution in [0.4, 0.5) is 5.69 Å². The molecule has 1 amide bonds. The van der Waals surface area contributed by atoms with E-state index in [-0.39, 0.29) is 31.1 Å². The standard InChI is InChI=1S/C21H16N6O3/c22-10-12-25(13-11-23)20(28)14-17-15-26(18-4-2-1-3-5-18)24-21(17)16-6-8-19(9-7-16)27(29)30/h1-9,15H,12-14H2. The van der Waals surface area contributed by atoms with Gasteiger partial charge in [0.15, 0.2) is 0 Å². The Balaban J connectivity index is 2.01. The van der Waals surface area contributed by atoms with Gasteiger partial charge in [-0.05, 0) is 24.3 Å². The summed E-state index contributed by atoms with van der Waals surface area (Å²) in [5, 5.41) is 33.3. The van der Waals surface area contributed by atoms with Gasteiger partial charge in [-0.3, -0.25) is 14.9 Å². The Hall–Kier alpha value is -4.50. The second-order valence-corrected chi connectivity index (χ2v) is 6.33. The summed E-state index contributed by atoms with van der Waals surface area (Å²) in [4.78, 5) is 24.3. The van der Waals surface area contributed by atoms with Crippen LogP contribution in [0.1, 0.15) is 5.56 Å². The summed E-state index contributed by atoms with van der Waals surface area (Å²) in [6.07, 6.45) is 1.64. The van der Waals surface area contributed by atoms with E-state index in [1.165, 1.54) is 17.0 Å². The van der Waals surface area contributed by atoms with Gasteiger partial charge < -0.3 is 4.90 Å². The van der Waals surface area contributed by atoms with Gasteiger partial charge in [-0.25, -0.2) is 4.68 Å². The zero-order valence-electron chi connectivity index (χ0n) is 15.8. The molecule has 0 radical (unpaired) electrons. The second kappa shape index (κ2) is 9.13. The van der Waals surface area contributed by atoms with Crippen molar-refractivity contribution in [3.8, 4) is 29.1 Å². The quantitative estimate of drug-likeness (QED) is 0.341. The summed E-state index contributed by atoms with van der Waals surface area (Å²) in [7, 11) is 0. The number of rotatable bonds is 7. The molecule has 0 aliphatic carbocycles. The van der Waals surface area contributed by atoms with E-state index in [4.69, 9.17) is 10.5 Å². The normalized spacial score (nSPS) is 10.1. The van der Waals surface area contributed by atoms with Gasteiger partial charge in [0.1, 0.15) is 13.1 Å². The molecule has 9 heteroatoms. The topological polar surface area (TPSA) is 129 Å². The Kier molecular flexibility index (Phi) is 6.16. The van der Waals surface area contributed by atoms with Crippen molar-refractivity contribution in [3.05, 3.63) is 76.5 Å². The van der Waals surface area contributed by atoms with Crippen LogP contribution in [-0.2, 0) is 11.2 Å². The minimum atomic E-state index is -0.488. The molecule has 9 nitrogen and oxygen atoms in total. The second-order valence-electron chi connectivity index (χ2n) is 6.33. The average molecular weight is 400 g/mol. The Morgan fingerprint density at radius 1 is 1.07 bits per heavy atom. The zero-order valence-corrected chi connectivity index (χ0v) is 15.8. The molecular weight excluding hydrogens is 384 g/mol. The highest BCUT2D eigenvalue weighted by Gasteiger charge is 2.20. The van der Waals surface area contributed by atoms with Crippen LogP contribution in [-0.4, -0.2) is 38.6 Å². The number of para-hydroxylation sites is 1. The molecule has 1 aromatic heterocycles. The highest BCUT2D eigenvalue weighted by molar-refractivity contribution is 5.81. The Labute approximate surface area is 172 Å². The third-order valence-corrected chi connectivity index (χ3v) is 4.38. The first-order valence-electron chi connectivity index (χ1n) is 8.94. The summed E-state index contributed by atoms with van der Waals surface area (Å²) in [6, 6.07) is 19.0. The van der Waals surface area contributed by atoms with Crippen LogP contribution >= 0.6 is 0 Å². The van der Waals surface area contributed by atoms with Gasteiger partial charge in [-0.1, -0.05) is 18.2 Å². The fourth-order valence-corrected chi connectivity index (χ4v) is 2.91. The lowest BCUT2D eigenvalue weighted by Crippen LogP contribution is -2.33. The molecule has 0 aliphatic heterocycles. The van der Waals surface area contributed by atoms with Crippen molar-refractivity contribution in [2.24, 2.45) is 0 Å². The van der Waals surface area contributed by atoms with Gasteiger partial charge in [-0.15, -0.1) is 0 Å². The number of nitro groups is 1. The number of aromatic nitrogens is 2. The van der Waals surface area contributed by atoms with Gasteiger partial charge in [0.2, 0.25) is 5.91 Å². The number of amides is 1. The molecule has 0 N–H and O–H groups in total. The van der Waals surface area contributed by atoms with Crippen LogP contribution < -0.4 is 0 Å². The maximum atomic E-state index is 12.7. The fraction of sp³-hybridized carbons (Fsp3) is 0.143. The first-order valence-corrected chi connectivity index (χ1v) is 8.94. The molecule has 0 saturated carbocycles. The smallest absolute Gasteiger partial charge is 0.269 e. The van der Waals surface area contributed by atoms with Gasteiger partial charge in [0, 0.05) is 29.5 Å². The lowest BCUT2D eigenvalue weighted by atomic mass is 10.1. The molecule has 0 spiro atoms. The highest BCUT2D eigenvalue weighted by Crippen LogP contribution is 2.26. The van der Waals surface area contributed by atoms with Crippen molar-refractivity contribution in [1.29, 1.82) is 10.5 Å². The van der Waals surface area contributed by atoms with Crippen molar-refractivity contribution in [2.75, 3.05) is 13.1 Å². The van der Waals surface area contributed by atoms with Gasteiger partial charge in [-0.2, -0.15) is 15.6 Å². The molecule has 2 aromatic carbocycles. The maximum Gasteiger partial charge on any atom is 0.269 e. The van der Waals surface area contributed by atoms with E-state index in [2.05, 4.69) is 5.10 Å². The number of hydrogen-bond donors (Lipinski definition) is 0. The number of nitriles is 2. The van der Waals surface area contributed by atoms with Gasteiger partial charge in [0.25, 0.3) is 5.69 Å². The molecule has 0 unspecified atom stereocenters. The van der Waals surface area contributed by atoms with E-state index < -0.39 is 4.92 Å². The van der Waals surface area contributed by atoms with E-state index in [1.807, 2.05) is 42.5 Å². The Bertz CT molecular complexity index is 1120. The zero-order chi connectivity index (χ0) is 21.5. The molecule has 30 heavy (non-hydrogen) atoms. The summed E-state index contributed by atoms with van der Waals surface area (Å²) >= 11 is 0. The Morgan fingerprint density at radius 2 is 1.70 bits per heavy atom. The SMILES string of the molecule is N#CCN(CC#N)C(=O)Cc1cn(-c2ccccc2)nc1-c1ccc([N+](=O)[O-])cc1. The van der Waals surface area contributed by atoms with Crippen molar-refractivity contribution in [3.63, 3.8) is 0 Å². The van der Waals surface area contributed by atoms with Crippen LogP contribution in [0.3, 0.4) is 0 Å². The molecular formula is C21H16N6O3. The lowest BCUT2D eigenvalue weighted by molar-refractivity contribution is -0.384. The van der Waals surface area contributed by atoms with E-state index in [0.717, 1.165) is 5.69 Å². The summed E-state index contributed by atoms with van der Waals surface area (Å²) in [5.41, 5.74) is 2.43. The molecule has 148 valence electrons. The number of hydrogen-bond acceptors (Lipinski definition) is 6. The van der Waals surface area contributed by atoms with Crippen LogP contribution in [0.5, 0.6) is 0 Å². The molecule has 0 fully saturated rings. The fourth-order valence-electron chi connectivity index (χ4n) is 2.91. The minimum Gasteiger partial charge on any atom is -0.316 e. The number of nitrogens with zero attached hydrogens (tertiary/aromatic N) is 6. The van der Waals surface area contributed by atoms with Gasteiger partial charge in [0.05, 0.1) is 34.9 Å². The summed E-state index contributed by atoms with van der Waals surface area (Å²) in [5.74, 6) is -0.381. The van der Waals surface area contributed by atoms with Crippen molar-refractivity contribution in [1.82, 2.24) is 14.7 Å². The largest absolute Gasteiger partial charge is 0.316 e. The molecule has 3 rings (SSSR count). The lowest BCUT2D eigenvalue weighted by Gasteiger charge is -2.15. The third-order valence-electron chi connectivity index (χ3n) is 4.38. The molecule has 0 saturated heterocycles. The van der Waals surface area contributed by atoms with E-state index >= 15 is 0 Å². The number of carbonyl (C=O) groups is 1. The minimum absolute atomic E-state index is 0.0481. The Morgan fingerprint density at radius 3 is 2.27 bits per heavy atom.